The van der Waals surface area contributed by atoms with Crippen LogP contribution >= 0.6 is 0 Å². The zero-order chi connectivity index (χ0) is 19.8. The first-order valence-electron chi connectivity index (χ1n) is 9.88. The van der Waals surface area contributed by atoms with Crippen LogP contribution in [-0.2, 0) is 15.9 Å². The van der Waals surface area contributed by atoms with E-state index in [2.05, 4.69) is 26.1 Å². The highest BCUT2D eigenvalue weighted by molar-refractivity contribution is 5.74. The third-order valence-corrected chi connectivity index (χ3v) is 4.68. The van der Waals surface area contributed by atoms with Crippen molar-refractivity contribution in [3.8, 4) is 0 Å². The van der Waals surface area contributed by atoms with Gasteiger partial charge in [-0.25, -0.2) is 0 Å². The third-order valence-electron chi connectivity index (χ3n) is 4.68. The maximum atomic E-state index is 10.7. The Morgan fingerprint density at radius 3 is 2.31 bits per heavy atom. The van der Waals surface area contributed by atoms with E-state index in [0.29, 0.717) is 0 Å². The minimum atomic E-state index is -0.0370. The number of benzene rings is 1. The third kappa shape index (κ3) is 10.5. The fraction of sp³-hybridized carbons (Fsp3) is 0.609. The summed E-state index contributed by atoms with van der Waals surface area (Å²) in [7, 11) is 0. The summed E-state index contributed by atoms with van der Waals surface area (Å²) >= 11 is 0. The Morgan fingerprint density at radius 2 is 1.77 bits per heavy atom. The second-order valence-electron chi connectivity index (χ2n) is 6.57. The predicted molar refractivity (Wildman–Crippen MR) is 111 cm³/mol. The molecule has 0 saturated heterocycles. The van der Waals surface area contributed by atoms with Crippen molar-refractivity contribution >= 4 is 6.29 Å². The molecule has 2 unspecified atom stereocenters. The van der Waals surface area contributed by atoms with E-state index in [1.165, 1.54) is 31.2 Å². The number of aldehydes is 1. The van der Waals surface area contributed by atoms with Crippen molar-refractivity contribution in [3.05, 3.63) is 48.6 Å². The highest BCUT2D eigenvalue weighted by atomic mass is 16.7. The normalized spacial score (nSPS) is 19.0. The second kappa shape index (κ2) is 15.8. The van der Waals surface area contributed by atoms with Crippen LogP contribution in [0.25, 0.3) is 0 Å². The highest BCUT2D eigenvalue weighted by Crippen LogP contribution is 2.32. The van der Waals surface area contributed by atoms with Gasteiger partial charge in [-0.2, -0.15) is 0 Å². The summed E-state index contributed by atoms with van der Waals surface area (Å²) in [5.74, 6) is 1.66. The monoisotopic (exact) mass is 362 g/mol. The van der Waals surface area contributed by atoms with Gasteiger partial charge < -0.3 is 9.47 Å². The summed E-state index contributed by atoms with van der Waals surface area (Å²) in [4.78, 5) is 10.7. The van der Waals surface area contributed by atoms with E-state index < -0.39 is 0 Å². The Hall–Kier alpha value is -1.45. The molecule has 1 aromatic rings. The molecule has 0 spiro atoms. The molecule has 1 aliphatic carbocycles. The highest BCUT2D eigenvalue weighted by Gasteiger charge is 2.21. The van der Waals surface area contributed by atoms with Gasteiger partial charge in [0.05, 0.1) is 0 Å². The fourth-order valence-corrected chi connectivity index (χ4v) is 3.31. The maximum Gasteiger partial charge on any atom is 0.154 e. The molecule has 148 valence electrons. The molecule has 26 heavy (non-hydrogen) atoms. The zero-order valence-corrected chi connectivity index (χ0v) is 17.2. The SMILES string of the molecule is C=C.CC1CCCCC1Cc1cccc(C=O)c1.CCOC(C)OCC. The standard InChI is InChI=1S/C15H20O.C6H14O2.C2H4/c1-12-5-2-3-8-15(12)10-13-6-4-7-14(9-13)11-16;1-4-7-6(3)8-5-2;1-2/h4,6-7,9,11-12,15H,2-3,5,8,10H2,1H3;6H,4-5H2,1-3H3;1-2H2. The van der Waals surface area contributed by atoms with E-state index in [1.54, 1.807) is 0 Å². The van der Waals surface area contributed by atoms with Crippen LogP contribution in [0.3, 0.4) is 0 Å². The van der Waals surface area contributed by atoms with Crippen LogP contribution in [0, 0.1) is 11.8 Å². The fourth-order valence-electron chi connectivity index (χ4n) is 3.31. The average Bonchev–Trinajstić information content (AvgIpc) is 2.66. The molecular formula is C23H38O3. The first kappa shape index (κ1) is 24.6. The Balaban J connectivity index is 0.000000533. The summed E-state index contributed by atoms with van der Waals surface area (Å²) in [6, 6.07) is 8.05. The van der Waals surface area contributed by atoms with E-state index in [0.717, 1.165) is 43.3 Å². The largest absolute Gasteiger partial charge is 0.353 e. The van der Waals surface area contributed by atoms with Gasteiger partial charge in [-0.3, -0.25) is 4.79 Å². The van der Waals surface area contributed by atoms with Gasteiger partial charge in [-0.05, 0) is 57.1 Å². The zero-order valence-electron chi connectivity index (χ0n) is 17.2. The van der Waals surface area contributed by atoms with Crippen molar-refractivity contribution in [2.24, 2.45) is 11.8 Å². The Kier molecular flexibility index (Phi) is 14.9. The van der Waals surface area contributed by atoms with Crippen LogP contribution in [0.5, 0.6) is 0 Å². The van der Waals surface area contributed by atoms with E-state index in [-0.39, 0.29) is 6.29 Å². The Morgan fingerprint density at radius 1 is 1.15 bits per heavy atom. The minimum Gasteiger partial charge on any atom is -0.353 e. The summed E-state index contributed by atoms with van der Waals surface area (Å²) < 4.78 is 10.1. The van der Waals surface area contributed by atoms with Gasteiger partial charge in [-0.15, -0.1) is 13.2 Å². The van der Waals surface area contributed by atoms with Crippen LogP contribution in [0.15, 0.2) is 37.4 Å². The van der Waals surface area contributed by atoms with Crippen molar-refractivity contribution in [1.29, 1.82) is 0 Å². The molecule has 0 heterocycles. The van der Waals surface area contributed by atoms with Crippen molar-refractivity contribution in [2.45, 2.75) is 66.1 Å². The van der Waals surface area contributed by atoms with Crippen molar-refractivity contribution in [2.75, 3.05) is 13.2 Å². The average molecular weight is 363 g/mol. The molecule has 1 aliphatic rings. The van der Waals surface area contributed by atoms with Gasteiger partial charge in [0.25, 0.3) is 0 Å². The quantitative estimate of drug-likeness (QED) is 0.335. The predicted octanol–water partition coefficient (Wildman–Crippen LogP) is 6.08. The lowest BCUT2D eigenvalue weighted by atomic mass is 9.77. The molecule has 0 radical (unpaired) electrons. The number of ether oxygens (including phenoxy) is 2. The molecule has 1 fully saturated rings. The van der Waals surface area contributed by atoms with Gasteiger partial charge >= 0.3 is 0 Å². The van der Waals surface area contributed by atoms with Crippen molar-refractivity contribution < 1.29 is 14.3 Å². The van der Waals surface area contributed by atoms with E-state index in [9.17, 15) is 4.79 Å². The van der Waals surface area contributed by atoms with Crippen LogP contribution in [0.2, 0.25) is 0 Å². The first-order valence-corrected chi connectivity index (χ1v) is 9.88. The first-order chi connectivity index (χ1) is 12.6. The summed E-state index contributed by atoms with van der Waals surface area (Å²) in [6.45, 7) is 15.6. The Labute approximate surface area is 160 Å². The minimum absolute atomic E-state index is 0.0370. The number of rotatable bonds is 7. The molecule has 0 aromatic heterocycles. The molecular weight excluding hydrogens is 324 g/mol. The lowest BCUT2D eigenvalue weighted by Gasteiger charge is -2.28. The number of hydrogen-bond donors (Lipinski definition) is 0. The molecule has 0 N–H and O–H groups in total. The van der Waals surface area contributed by atoms with Crippen LogP contribution in [-0.4, -0.2) is 25.8 Å². The maximum absolute atomic E-state index is 10.7. The van der Waals surface area contributed by atoms with Gasteiger partial charge in [0.2, 0.25) is 0 Å². The van der Waals surface area contributed by atoms with Crippen LogP contribution < -0.4 is 0 Å². The molecule has 1 aromatic carbocycles. The second-order valence-corrected chi connectivity index (χ2v) is 6.57. The van der Waals surface area contributed by atoms with Crippen molar-refractivity contribution in [1.82, 2.24) is 0 Å². The van der Waals surface area contributed by atoms with Gasteiger partial charge in [0.15, 0.2) is 6.29 Å². The number of hydrogen-bond acceptors (Lipinski definition) is 3. The molecule has 0 amide bonds. The van der Waals surface area contributed by atoms with Gasteiger partial charge in [0.1, 0.15) is 6.29 Å². The topological polar surface area (TPSA) is 35.5 Å². The van der Waals surface area contributed by atoms with E-state index >= 15 is 0 Å². The Bertz CT molecular complexity index is 466. The molecule has 3 heteroatoms. The summed E-state index contributed by atoms with van der Waals surface area (Å²) in [5.41, 5.74) is 2.13. The molecule has 2 atom stereocenters. The number of carbonyl (C=O) groups excluding carboxylic acids is 1. The van der Waals surface area contributed by atoms with Gasteiger partial charge in [-0.1, -0.05) is 44.4 Å². The van der Waals surface area contributed by atoms with Crippen LogP contribution in [0.4, 0.5) is 0 Å². The lowest BCUT2D eigenvalue weighted by Crippen LogP contribution is -2.18. The molecule has 1 saturated carbocycles. The van der Waals surface area contributed by atoms with Crippen LogP contribution in [0.1, 0.15) is 69.3 Å². The molecule has 3 nitrogen and oxygen atoms in total. The van der Waals surface area contributed by atoms with E-state index in [1.807, 2.05) is 39.0 Å². The summed E-state index contributed by atoms with van der Waals surface area (Å²) in [6.07, 6.45) is 7.54. The lowest BCUT2D eigenvalue weighted by molar-refractivity contribution is -0.123. The molecule has 0 aliphatic heterocycles. The smallest absolute Gasteiger partial charge is 0.154 e. The van der Waals surface area contributed by atoms with Crippen molar-refractivity contribution in [3.63, 3.8) is 0 Å². The summed E-state index contributed by atoms with van der Waals surface area (Å²) in [5, 5.41) is 0. The number of carbonyl (C=O) groups is 1. The van der Waals surface area contributed by atoms with E-state index in [4.69, 9.17) is 9.47 Å². The molecule has 2 rings (SSSR count). The molecule has 0 bridgehead atoms. The van der Waals surface area contributed by atoms with Gasteiger partial charge in [0, 0.05) is 18.8 Å².